The second-order valence-electron chi connectivity index (χ2n) is 3.73. The van der Waals surface area contributed by atoms with Crippen LogP contribution in [-0.4, -0.2) is 16.1 Å². The molecule has 1 N–H and O–H groups in total. The van der Waals surface area contributed by atoms with Crippen LogP contribution in [0.4, 0.5) is 8.78 Å². The zero-order valence-corrected chi connectivity index (χ0v) is 9.23. The number of carboxylic acid groups (broad SMARTS) is 1. The van der Waals surface area contributed by atoms with Gasteiger partial charge in [-0.05, 0) is 18.2 Å². The van der Waals surface area contributed by atoms with Gasteiger partial charge >= 0.3 is 5.97 Å². The molecule has 0 aliphatic carbocycles. The smallest absolute Gasteiger partial charge is 0.309 e. The summed E-state index contributed by atoms with van der Waals surface area (Å²) in [7, 11) is 0. The number of hydrogen-bond donors (Lipinski definition) is 1. The van der Waals surface area contributed by atoms with Crippen molar-refractivity contribution in [1.29, 1.82) is 0 Å². The molecule has 0 fully saturated rings. The highest BCUT2D eigenvalue weighted by Gasteiger charge is 2.07. The largest absolute Gasteiger partial charge is 0.481 e. The molecule has 5 heteroatoms. The number of benzene rings is 1. The van der Waals surface area contributed by atoms with E-state index in [1.807, 2.05) is 0 Å². The van der Waals surface area contributed by atoms with Crippen molar-refractivity contribution in [3.05, 3.63) is 53.9 Å². The van der Waals surface area contributed by atoms with Crippen molar-refractivity contribution in [3.8, 4) is 11.1 Å². The summed E-state index contributed by atoms with van der Waals surface area (Å²) >= 11 is 0. The third-order valence-electron chi connectivity index (χ3n) is 2.40. The van der Waals surface area contributed by atoms with Crippen molar-refractivity contribution in [2.75, 3.05) is 0 Å². The van der Waals surface area contributed by atoms with Crippen LogP contribution in [0.3, 0.4) is 0 Å². The van der Waals surface area contributed by atoms with Crippen LogP contribution in [0.25, 0.3) is 11.1 Å². The molecule has 18 heavy (non-hydrogen) atoms. The minimum absolute atomic E-state index is 0.188. The van der Waals surface area contributed by atoms with Gasteiger partial charge in [-0.25, -0.2) is 8.78 Å². The maximum absolute atomic E-state index is 13.5. The van der Waals surface area contributed by atoms with Gasteiger partial charge in [-0.2, -0.15) is 0 Å². The van der Waals surface area contributed by atoms with E-state index in [2.05, 4.69) is 4.98 Å². The predicted molar refractivity (Wildman–Crippen MR) is 60.9 cm³/mol. The molecule has 0 aliphatic heterocycles. The minimum Gasteiger partial charge on any atom is -0.481 e. The van der Waals surface area contributed by atoms with Crippen LogP contribution in [0.15, 0.2) is 36.5 Å². The molecule has 0 unspecified atom stereocenters. The lowest BCUT2D eigenvalue weighted by atomic mass is 10.1. The second-order valence-corrected chi connectivity index (χ2v) is 3.73. The lowest BCUT2D eigenvalue weighted by Crippen LogP contribution is -2.02. The molecule has 0 saturated carbocycles. The van der Waals surface area contributed by atoms with Gasteiger partial charge < -0.3 is 5.11 Å². The molecule has 1 aromatic heterocycles. The van der Waals surface area contributed by atoms with Gasteiger partial charge in [0.05, 0.1) is 12.1 Å². The van der Waals surface area contributed by atoms with E-state index >= 15 is 0 Å². The molecule has 0 aliphatic rings. The Morgan fingerprint density at radius 1 is 1.22 bits per heavy atom. The zero-order valence-electron chi connectivity index (χ0n) is 9.23. The molecular weight excluding hydrogens is 240 g/mol. The van der Waals surface area contributed by atoms with Gasteiger partial charge in [-0.3, -0.25) is 9.78 Å². The molecule has 0 amide bonds. The van der Waals surface area contributed by atoms with Crippen LogP contribution in [0.1, 0.15) is 5.69 Å². The van der Waals surface area contributed by atoms with Crippen LogP contribution in [-0.2, 0) is 11.2 Å². The first-order valence-electron chi connectivity index (χ1n) is 5.18. The Bertz CT molecular complexity index is 582. The van der Waals surface area contributed by atoms with Gasteiger partial charge in [0.1, 0.15) is 11.6 Å². The number of aromatic nitrogens is 1. The number of halogens is 2. The number of aliphatic carboxylic acids is 1. The Kier molecular flexibility index (Phi) is 3.32. The molecule has 3 nitrogen and oxygen atoms in total. The SMILES string of the molecule is O=C(O)Cc1ccc(-c2ccc(F)cc2F)cn1. The summed E-state index contributed by atoms with van der Waals surface area (Å²) in [5.41, 5.74) is 1.08. The zero-order chi connectivity index (χ0) is 13.1. The van der Waals surface area contributed by atoms with Gasteiger partial charge in [0.2, 0.25) is 0 Å². The maximum Gasteiger partial charge on any atom is 0.309 e. The first-order valence-corrected chi connectivity index (χ1v) is 5.18. The van der Waals surface area contributed by atoms with Gasteiger partial charge in [-0.15, -0.1) is 0 Å². The molecule has 2 rings (SSSR count). The third kappa shape index (κ3) is 2.68. The van der Waals surface area contributed by atoms with Gasteiger partial charge in [0, 0.05) is 23.4 Å². The summed E-state index contributed by atoms with van der Waals surface area (Å²) in [4.78, 5) is 14.4. The summed E-state index contributed by atoms with van der Waals surface area (Å²) in [6, 6.07) is 6.33. The minimum atomic E-state index is -0.983. The number of carbonyl (C=O) groups is 1. The topological polar surface area (TPSA) is 50.2 Å². The van der Waals surface area contributed by atoms with Crippen molar-refractivity contribution in [2.24, 2.45) is 0 Å². The molecule has 1 heterocycles. The van der Waals surface area contributed by atoms with Crippen LogP contribution >= 0.6 is 0 Å². The van der Waals surface area contributed by atoms with E-state index < -0.39 is 17.6 Å². The lowest BCUT2D eigenvalue weighted by Gasteiger charge is -2.04. The molecule has 0 atom stereocenters. The molecule has 92 valence electrons. The fourth-order valence-corrected chi connectivity index (χ4v) is 1.57. The van der Waals surface area contributed by atoms with Crippen molar-refractivity contribution < 1.29 is 18.7 Å². The normalized spacial score (nSPS) is 10.3. The Morgan fingerprint density at radius 3 is 2.56 bits per heavy atom. The Hall–Kier alpha value is -2.30. The predicted octanol–water partition coefficient (Wildman–Crippen LogP) is 2.65. The van der Waals surface area contributed by atoms with Gasteiger partial charge in [0.25, 0.3) is 0 Å². The highest BCUT2D eigenvalue weighted by atomic mass is 19.1. The number of rotatable bonds is 3. The van der Waals surface area contributed by atoms with Crippen molar-refractivity contribution in [1.82, 2.24) is 4.98 Å². The van der Waals surface area contributed by atoms with Crippen molar-refractivity contribution >= 4 is 5.97 Å². The fourth-order valence-electron chi connectivity index (χ4n) is 1.57. The Morgan fingerprint density at radius 2 is 2.00 bits per heavy atom. The van der Waals surface area contributed by atoms with E-state index in [9.17, 15) is 13.6 Å². The quantitative estimate of drug-likeness (QED) is 0.909. The Balaban J connectivity index is 2.31. The number of carboxylic acids is 1. The van der Waals surface area contributed by atoms with E-state index in [1.54, 1.807) is 6.07 Å². The van der Waals surface area contributed by atoms with Gasteiger partial charge in [-0.1, -0.05) is 6.07 Å². The summed E-state index contributed by atoms with van der Waals surface area (Å²) in [5, 5.41) is 8.59. The standard InChI is InChI=1S/C13H9F2NO2/c14-9-2-4-11(12(15)5-9)8-1-3-10(16-7-8)6-13(17)18/h1-5,7H,6H2,(H,17,18). The van der Waals surface area contributed by atoms with E-state index in [4.69, 9.17) is 5.11 Å². The lowest BCUT2D eigenvalue weighted by molar-refractivity contribution is -0.136. The Labute approximate surface area is 102 Å². The molecule has 2 aromatic rings. The monoisotopic (exact) mass is 249 g/mol. The average molecular weight is 249 g/mol. The van der Waals surface area contributed by atoms with Gasteiger partial charge in [0.15, 0.2) is 0 Å². The van der Waals surface area contributed by atoms with Crippen LogP contribution in [0, 0.1) is 11.6 Å². The molecule has 0 saturated heterocycles. The molecule has 0 bridgehead atoms. The van der Waals surface area contributed by atoms with E-state index in [0.29, 0.717) is 11.3 Å². The summed E-state index contributed by atoms with van der Waals surface area (Å²) in [6.07, 6.45) is 1.18. The number of hydrogen-bond acceptors (Lipinski definition) is 2. The highest BCUT2D eigenvalue weighted by Crippen LogP contribution is 2.22. The molecule has 1 aromatic carbocycles. The summed E-state index contributed by atoms with van der Waals surface area (Å²) < 4.78 is 26.2. The molecule has 0 spiro atoms. The molecule has 0 radical (unpaired) electrons. The summed E-state index contributed by atoms with van der Waals surface area (Å²) in [6.45, 7) is 0. The van der Waals surface area contributed by atoms with Crippen molar-refractivity contribution in [2.45, 2.75) is 6.42 Å². The maximum atomic E-state index is 13.5. The van der Waals surface area contributed by atoms with E-state index in [-0.39, 0.29) is 12.0 Å². The highest BCUT2D eigenvalue weighted by molar-refractivity contribution is 5.70. The first-order chi connectivity index (χ1) is 8.56. The second kappa shape index (κ2) is 4.91. The third-order valence-corrected chi connectivity index (χ3v) is 2.40. The van der Waals surface area contributed by atoms with Crippen LogP contribution in [0.5, 0.6) is 0 Å². The van der Waals surface area contributed by atoms with Crippen LogP contribution < -0.4 is 0 Å². The molecular formula is C13H9F2NO2. The van der Waals surface area contributed by atoms with E-state index in [0.717, 1.165) is 12.1 Å². The van der Waals surface area contributed by atoms with Crippen molar-refractivity contribution in [3.63, 3.8) is 0 Å². The number of nitrogens with zero attached hydrogens (tertiary/aromatic N) is 1. The van der Waals surface area contributed by atoms with Crippen LogP contribution in [0.2, 0.25) is 0 Å². The average Bonchev–Trinajstić information content (AvgIpc) is 2.30. The fraction of sp³-hybridized carbons (Fsp3) is 0.0769. The summed E-state index contributed by atoms with van der Waals surface area (Å²) in [5.74, 6) is -2.31. The first kappa shape index (κ1) is 12.2. The van der Waals surface area contributed by atoms with E-state index in [1.165, 1.54) is 18.3 Å². The number of pyridine rings is 1.